The van der Waals surface area contributed by atoms with E-state index >= 15 is 4.39 Å². The number of halogens is 4. The molecule has 1 fully saturated rings. The van der Waals surface area contributed by atoms with Crippen molar-refractivity contribution < 1.29 is 36.3 Å². The van der Waals surface area contributed by atoms with E-state index in [1.54, 1.807) is 30.3 Å². The van der Waals surface area contributed by atoms with Crippen LogP contribution in [0.15, 0.2) is 60.8 Å². The van der Waals surface area contributed by atoms with Gasteiger partial charge in [0.1, 0.15) is 17.6 Å². The summed E-state index contributed by atoms with van der Waals surface area (Å²) < 4.78 is 70.3. The number of carbonyl (C=O) groups excluding carboxylic acids is 2. The van der Waals surface area contributed by atoms with E-state index in [0.717, 1.165) is 33.1 Å². The van der Waals surface area contributed by atoms with Gasteiger partial charge in [0.05, 0.1) is 7.11 Å². The number of anilines is 1. The second-order valence-corrected chi connectivity index (χ2v) is 14.2. The number of benzene rings is 2. The summed E-state index contributed by atoms with van der Waals surface area (Å²) in [4.78, 5) is 30.8. The summed E-state index contributed by atoms with van der Waals surface area (Å²) in [5, 5.41) is 12.9. The van der Waals surface area contributed by atoms with Gasteiger partial charge < -0.3 is 30.6 Å². The average molecular weight is 751 g/mol. The van der Waals surface area contributed by atoms with Crippen molar-refractivity contribution in [1.82, 2.24) is 20.9 Å². The maximum atomic E-state index is 15.5. The molecule has 4 rings (SSSR count). The molecule has 6 atom stereocenters. The summed E-state index contributed by atoms with van der Waals surface area (Å²) in [6, 6.07) is 12.2. The maximum absolute atomic E-state index is 15.5. The summed E-state index contributed by atoms with van der Waals surface area (Å²) in [6.07, 6.45) is 3.26. The van der Waals surface area contributed by atoms with Gasteiger partial charge in [-0.1, -0.05) is 60.3 Å². The van der Waals surface area contributed by atoms with Gasteiger partial charge in [0, 0.05) is 59.7 Å². The van der Waals surface area contributed by atoms with E-state index in [0.29, 0.717) is 42.0 Å². The maximum Gasteiger partial charge on any atom is 0.407 e. The minimum atomic E-state index is -3.20. The lowest BCUT2D eigenvalue weighted by atomic mass is 9.85. The largest absolute Gasteiger partial charge is 0.772 e. The molecule has 2 amide bonds. The van der Waals surface area contributed by atoms with E-state index in [9.17, 15) is 27.1 Å². The molecule has 6 unspecified atom stereocenters. The standard InChI is InChI=1S/C36H45ClF3N5O5S/c1-4-22-19-41-26(7-6-18-51(48)49)21-42-29(22)16-15-27-28(38)8-5-9-30(27)44-34(46)33(45-35(47)50-3)32(23-10-13-25(37)14-11-23)24-12-17-31(43-20-24)36(2,39)40/h5,8-14,17,20,22,26,29,32-33,41-42H,4,6-7,15-16,18-19,21H2,1-3H3,(H,44,46)(H,45,47)(H,48,49)/p-1. The minimum absolute atomic E-state index is 0.0262. The highest BCUT2D eigenvalue weighted by molar-refractivity contribution is 7.79. The van der Waals surface area contributed by atoms with Crippen LogP contribution < -0.4 is 21.3 Å². The number of pyridine rings is 1. The van der Waals surface area contributed by atoms with Crippen LogP contribution >= 0.6 is 11.6 Å². The van der Waals surface area contributed by atoms with Gasteiger partial charge in [0.15, 0.2) is 0 Å². The minimum Gasteiger partial charge on any atom is -0.772 e. The number of hydrogen-bond acceptors (Lipinski definition) is 8. The Morgan fingerprint density at radius 3 is 2.45 bits per heavy atom. The van der Waals surface area contributed by atoms with Crippen molar-refractivity contribution in [1.29, 1.82) is 0 Å². The van der Waals surface area contributed by atoms with Crippen LogP contribution in [0.5, 0.6) is 0 Å². The van der Waals surface area contributed by atoms with Crippen molar-refractivity contribution >= 4 is 40.4 Å². The topological polar surface area (TPSA) is 145 Å². The average Bonchev–Trinajstić information content (AvgIpc) is 3.29. The van der Waals surface area contributed by atoms with Gasteiger partial charge in [0.25, 0.3) is 5.92 Å². The third-order valence-corrected chi connectivity index (χ3v) is 10.1. The van der Waals surface area contributed by atoms with Crippen LogP contribution in [0, 0.1) is 11.7 Å². The Bertz CT molecular complexity index is 1630. The Morgan fingerprint density at radius 2 is 1.82 bits per heavy atom. The molecule has 3 aromatic rings. The van der Waals surface area contributed by atoms with Crippen molar-refractivity contribution in [3.05, 3.63) is 94.0 Å². The van der Waals surface area contributed by atoms with Crippen molar-refractivity contribution in [2.75, 3.05) is 31.3 Å². The lowest BCUT2D eigenvalue weighted by molar-refractivity contribution is -0.118. The number of nitrogens with zero attached hydrogens (tertiary/aromatic N) is 1. The SMILES string of the molecule is CCC1CNC(CCCS(=O)[O-])CNC1CCc1c(F)cccc1NC(=O)C(NC(=O)OC)C(c1ccc(Cl)cc1)c1ccc(C(C)(F)F)nc1. The quantitative estimate of drug-likeness (QED) is 0.138. The van der Waals surface area contributed by atoms with Crippen molar-refractivity contribution in [3.63, 3.8) is 0 Å². The van der Waals surface area contributed by atoms with Gasteiger partial charge in [0.2, 0.25) is 5.91 Å². The van der Waals surface area contributed by atoms with Gasteiger partial charge >= 0.3 is 6.09 Å². The molecule has 10 nitrogen and oxygen atoms in total. The van der Waals surface area contributed by atoms with E-state index in [-0.39, 0.29) is 41.4 Å². The van der Waals surface area contributed by atoms with E-state index in [1.165, 1.54) is 24.4 Å². The van der Waals surface area contributed by atoms with Crippen LogP contribution in [0.4, 0.5) is 23.7 Å². The highest BCUT2D eigenvalue weighted by atomic mass is 35.5. The Hall–Kier alpha value is -3.56. The zero-order valence-electron chi connectivity index (χ0n) is 28.7. The summed E-state index contributed by atoms with van der Waals surface area (Å²) in [6.45, 7) is 4.16. The first kappa shape index (κ1) is 40.2. The Morgan fingerprint density at radius 1 is 1.10 bits per heavy atom. The first-order chi connectivity index (χ1) is 24.3. The molecular formula is C36H44ClF3N5O5S-. The number of hydrogen-bond donors (Lipinski definition) is 4. The van der Waals surface area contributed by atoms with E-state index in [2.05, 4.69) is 33.2 Å². The molecule has 2 heterocycles. The predicted octanol–water partition coefficient (Wildman–Crippen LogP) is 6.03. The first-order valence-corrected chi connectivity index (χ1v) is 18.5. The number of carbonyl (C=O) groups is 2. The van der Waals surface area contributed by atoms with Gasteiger partial charge in [-0.3, -0.25) is 14.0 Å². The summed E-state index contributed by atoms with van der Waals surface area (Å²) in [5.74, 6) is -5.02. The van der Waals surface area contributed by atoms with Gasteiger partial charge in [-0.2, -0.15) is 8.78 Å². The Balaban J connectivity index is 1.60. The van der Waals surface area contributed by atoms with Crippen LogP contribution in [0.25, 0.3) is 0 Å². The highest BCUT2D eigenvalue weighted by Gasteiger charge is 2.35. The molecule has 0 spiro atoms. The van der Waals surface area contributed by atoms with E-state index in [1.807, 2.05) is 0 Å². The zero-order chi connectivity index (χ0) is 37.1. The van der Waals surface area contributed by atoms with E-state index in [4.69, 9.17) is 16.3 Å². The molecule has 4 N–H and O–H groups in total. The fraction of sp³-hybridized carbons (Fsp3) is 0.472. The normalized spacial score (nSPS) is 19.7. The first-order valence-electron chi connectivity index (χ1n) is 16.9. The molecular weight excluding hydrogens is 707 g/mol. The third kappa shape index (κ3) is 11.5. The lowest BCUT2D eigenvalue weighted by Gasteiger charge is -2.28. The van der Waals surface area contributed by atoms with E-state index < -0.39 is 52.5 Å². The molecule has 1 aromatic heterocycles. The molecule has 51 heavy (non-hydrogen) atoms. The molecule has 1 saturated heterocycles. The molecule has 15 heteroatoms. The molecule has 0 aliphatic carbocycles. The number of ether oxygens (including phenoxy) is 1. The number of methoxy groups -OCH3 is 1. The molecule has 278 valence electrons. The predicted molar refractivity (Wildman–Crippen MR) is 190 cm³/mol. The van der Waals surface area contributed by atoms with Crippen LogP contribution in [0.2, 0.25) is 5.02 Å². The second kappa shape index (κ2) is 18.8. The summed E-state index contributed by atoms with van der Waals surface area (Å²) >= 11 is 4.06. The fourth-order valence-corrected chi connectivity index (χ4v) is 6.96. The summed E-state index contributed by atoms with van der Waals surface area (Å²) in [5.41, 5.74) is 0.898. The monoisotopic (exact) mass is 750 g/mol. The smallest absolute Gasteiger partial charge is 0.407 e. The zero-order valence-corrected chi connectivity index (χ0v) is 30.3. The lowest BCUT2D eigenvalue weighted by Crippen LogP contribution is -2.48. The van der Waals surface area contributed by atoms with Crippen LogP contribution in [-0.4, -0.2) is 69.8 Å². The fourth-order valence-electron chi connectivity index (χ4n) is 6.43. The number of aromatic nitrogens is 1. The van der Waals surface area contributed by atoms with Crippen molar-refractivity contribution in [3.8, 4) is 0 Å². The molecule has 1 aliphatic rings. The van der Waals surface area contributed by atoms with Gasteiger partial charge in [-0.05, 0) is 79.6 Å². The molecule has 0 bridgehead atoms. The van der Waals surface area contributed by atoms with Gasteiger partial charge in [-0.15, -0.1) is 0 Å². The second-order valence-electron chi connectivity index (χ2n) is 12.7. The molecule has 1 aliphatic heterocycles. The Kier molecular flexibility index (Phi) is 14.8. The number of nitrogens with one attached hydrogen (secondary N) is 4. The number of rotatable bonds is 15. The molecule has 0 radical (unpaired) electrons. The van der Waals surface area contributed by atoms with Crippen molar-refractivity contribution in [2.24, 2.45) is 5.92 Å². The number of alkyl carbamates (subject to hydrolysis) is 1. The van der Waals surface area contributed by atoms with Crippen molar-refractivity contribution in [2.45, 2.75) is 75.9 Å². The highest BCUT2D eigenvalue weighted by Crippen LogP contribution is 2.33. The number of alkyl halides is 2. The van der Waals surface area contributed by atoms with Crippen LogP contribution in [0.3, 0.4) is 0 Å². The molecule has 0 saturated carbocycles. The molecule has 2 aromatic carbocycles. The van der Waals surface area contributed by atoms with Crippen LogP contribution in [-0.2, 0) is 33.0 Å². The third-order valence-electron chi connectivity index (χ3n) is 9.23. The van der Waals surface area contributed by atoms with Gasteiger partial charge in [-0.25, -0.2) is 9.18 Å². The van der Waals surface area contributed by atoms with Crippen LogP contribution in [0.1, 0.15) is 67.8 Å². The Labute approximate surface area is 304 Å². The summed E-state index contributed by atoms with van der Waals surface area (Å²) in [7, 11) is 1.14. The number of amides is 2.